The first-order valence-electron chi connectivity index (χ1n) is 10.5. The van der Waals surface area contributed by atoms with E-state index in [9.17, 15) is 9.59 Å². The summed E-state index contributed by atoms with van der Waals surface area (Å²) < 4.78 is 10.6. The Hall–Kier alpha value is -4.44. The smallest absolute Gasteiger partial charge is 0.343 e. The molecular weight excluding hydrogens is 412 g/mol. The molecule has 0 amide bonds. The minimum Gasteiger partial charge on any atom is -0.497 e. The highest BCUT2D eigenvalue weighted by atomic mass is 16.5. The Balaban J connectivity index is 1.41. The van der Waals surface area contributed by atoms with Crippen molar-refractivity contribution >= 4 is 17.8 Å². The Morgan fingerprint density at radius 2 is 1.33 bits per heavy atom. The molecule has 0 aliphatic heterocycles. The van der Waals surface area contributed by atoms with Crippen LogP contribution in [0.3, 0.4) is 0 Å². The Bertz CT molecular complexity index is 1270. The molecule has 4 aromatic carbocycles. The number of methoxy groups -OCH3 is 1. The van der Waals surface area contributed by atoms with Crippen molar-refractivity contribution in [3.63, 3.8) is 0 Å². The number of ether oxygens (including phenoxy) is 2. The summed E-state index contributed by atoms with van der Waals surface area (Å²) >= 11 is 0. The highest BCUT2D eigenvalue weighted by molar-refractivity contribution is 6.07. The lowest BCUT2D eigenvalue weighted by molar-refractivity contribution is 0.0734. The van der Waals surface area contributed by atoms with Gasteiger partial charge in [-0.3, -0.25) is 4.79 Å². The largest absolute Gasteiger partial charge is 0.497 e. The van der Waals surface area contributed by atoms with Gasteiger partial charge >= 0.3 is 5.97 Å². The van der Waals surface area contributed by atoms with Gasteiger partial charge in [-0.1, -0.05) is 72.8 Å². The van der Waals surface area contributed by atoms with Crippen molar-refractivity contribution in [2.24, 2.45) is 0 Å². The van der Waals surface area contributed by atoms with Crippen molar-refractivity contribution in [2.75, 3.05) is 7.11 Å². The summed E-state index contributed by atoms with van der Waals surface area (Å²) in [6.07, 6.45) is 3.22. The van der Waals surface area contributed by atoms with Gasteiger partial charge in [0.2, 0.25) is 0 Å². The zero-order valence-corrected chi connectivity index (χ0v) is 18.1. The summed E-state index contributed by atoms with van der Waals surface area (Å²) in [6, 6.07) is 31.3. The van der Waals surface area contributed by atoms with Crippen LogP contribution in [0.5, 0.6) is 11.5 Å². The summed E-state index contributed by atoms with van der Waals surface area (Å²) in [5, 5.41) is 0. The maximum absolute atomic E-state index is 12.6. The molecule has 0 saturated carbocycles. The first-order chi connectivity index (χ1) is 16.1. The number of esters is 1. The molecule has 0 radical (unpaired) electrons. The molecule has 0 unspecified atom stereocenters. The summed E-state index contributed by atoms with van der Waals surface area (Å²) in [4.78, 5) is 25.0. The molecule has 0 aliphatic rings. The van der Waals surface area contributed by atoms with E-state index in [-0.39, 0.29) is 5.78 Å². The molecule has 0 aliphatic carbocycles. The summed E-state index contributed by atoms with van der Waals surface area (Å²) in [5.41, 5.74) is 3.94. The Kier molecular flexibility index (Phi) is 6.76. The van der Waals surface area contributed by atoms with Gasteiger partial charge in [0.25, 0.3) is 0 Å². The fourth-order valence-corrected chi connectivity index (χ4v) is 3.30. The lowest BCUT2D eigenvalue weighted by atomic mass is 10.0. The summed E-state index contributed by atoms with van der Waals surface area (Å²) in [7, 11) is 1.57. The molecule has 0 atom stereocenters. The van der Waals surface area contributed by atoms with Crippen LogP contribution >= 0.6 is 0 Å². The van der Waals surface area contributed by atoms with E-state index in [0.717, 1.165) is 16.7 Å². The van der Waals surface area contributed by atoms with E-state index in [2.05, 4.69) is 0 Å². The first kappa shape index (κ1) is 21.8. The van der Waals surface area contributed by atoms with E-state index in [4.69, 9.17) is 9.47 Å². The number of carbonyl (C=O) groups is 2. The van der Waals surface area contributed by atoms with Crippen LogP contribution in [0.4, 0.5) is 0 Å². The number of hydrogen-bond acceptors (Lipinski definition) is 4. The average Bonchev–Trinajstić information content (AvgIpc) is 2.88. The quantitative estimate of drug-likeness (QED) is 0.145. The maximum atomic E-state index is 12.6. The molecule has 33 heavy (non-hydrogen) atoms. The topological polar surface area (TPSA) is 52.6 Å². The SMILES string of the molecule is COc1ccc(C(=O)Oc2cccc(/C=C/C(=O)c3ccc(-c4ccccc4)cc3)c2)cc1. The number of hydrogen-bond donors (Lipinski definition) is 0. The molecule has 0 saturated heterocycles. The fourth-order valence-electron chi connectivity index (χ4n) is 3.30. The number of carbonyl (C=O) groups excluding carboxylic acids is 2. The molecular formula is C29H22O4. The van der Waals surface area contributed by atoms with Crippen LogP contribution in [-0.2, 0) is 0 Å². The van der Waals surface area contributed by atoms with Gasteiger partial charge in [0.05, 0.1) is 12.7 Å². The van der Waals surface area contributed by atoms with Crippen LogP contribution in [0.15, 0.2) is 109 Å². The Labute approximate surface area is 192 Å². The van der Waals surface area contributed by atoms with Gasteiger partial charge in [-0.25, -0.2) is 4.79 Å². The summed E-state index contributed by atoms with van der Waals surface area (Å²) in [6.45, 7) is 0. The zero-order chi connectivity index (χ0) is 23.0. The number of benzene rings is 4. The normalized spacial score (nSPS) is 10.7. The predicted molar refractivity (Wildman–Crippen MR) is 130 cm³/mol. The third-order valence-corrected chi connectivity index (χ3v) is 5.10. The number of rotatable bonds is 7. The fraction of sp³-hybridized carbons (Fsp3) is 0.0345. The molecule has 0 aromatic heterocycles. The van der Waals surface area contributed by atoms with Crippen molar-refractivity contribution in [3.8, 4) is 22.6 Å². The zero-order valence-electron chi connectivity index (χ0n) is 18.1. The molecule has 4 rings (SSSR count). The second-order valence-corrected chi connectivity index (χ2v) is 7.33. The van der Waals surface area contributed by atoms with Crippen molar-refractivity contribution in [1.29, 1.82) is 0 Å². The van der Waals surface area contributed by atoms with Crippen molar-refractivity contribution in [3.05, 3.63) is 126 Å². The lowest BCUT2D eigenvalue weighted by Gasteiger charge is -2.06. The van der Waals surface area contributed by atoms with E-state index in [1.54, 1.807) is 55.7 Å². The molecule has 0 bridgehead atoms. The van der Waals surface area contributed by atoms with Crippen LogP contribution in [0.25, 0.3) is 17.2 Å². The third-order valence-electron chi connectivity index (χ3n) is 5.10. The predicted octanol–water partition coefficient (Wildman–Crippen LogP) is 6.48. The molecule has 0 spiro atoms. The van der Waals surface area contributed by atoms with Gasteiger partial charge in [-0.05, 0) is 59.2 Å². The minimum atomic E-state index is -0.464. The van der Waals surface area contributed by atoms with E-state index in [0.29, 0.717) is 22.6 Å². The van der Waals surface area contributed by atoms with Crippen LogP contribution in [-0.4, -0.2) is 18.9 Å². The first-order valence-corrected chi connectivity index (χ1v) is 10.5. The molecule has 0 fully saturated rings. The van der Waals surface area contributed by atoms with Crippen LogP contribution < -0.4 is 9.47 Å². The lowest BCUT2D eigenvalue weighted by Crippen LogP contribution is -2.08. The highest BCUT2D eigenvalue weighted by Crippen LogP contribution is 2.21. The van der Waals surface area contributed by atoms with Gasteiger partial charge in [0.1, 0.15) is 11.5 Å². The molecule has 4 nitrogen and oxygen atoms in total. The second-order valence-electron chi connectivity index (χ2n) is 7.33. The van der Waals surface area contributed by atoms with Crippen LogP contribution in [0.2, 0.25) is 0 Å². The molecule has 0 heterocycles. The van der Waals surface area contributed by atoms with Crippen LogP contribution in [0.1, 0.15) is 26.3 Å². The van der Waals surface area contributed by atoms with Crippen molar-refractivity contribution < 1.29 is 19.1 Å². The monoisotopic (exact) mass is 434 g/mol. The van der Waals surface area contributed by atoms with Gasteiger partial charge < -0.3 is 9.47 Å². The molecule has 162 valence electrons. The number of allylic oxidation sites excluding steroid dienone is 1. The van der Waals surface area contributed by atoms with E-state index < -0.39 is 5.97 Å². The third kappa shape index (κ3) is 5.63. The molecule has 0 N–H and O–H groups in total. The van der Waals surface area contributed by atoms with Gasteiger partial charge in [-0.15, -0.1) is 0 Å². The second kappa shape index (κ2) is 10.2. The standard InChI is InChI=1S/C29H22O4/c1-32-26-17-15-25(16-18-26)29(31)33-27-9-5-6-21(20-27)10-19-28(30)24-13-11-23(12-14-24)22-7-3-2-4-8-22/h2-20H,1H3/b19-10+. The van der Waals surface area contributed by atoms with Crippen molar-refractivity contribution in [1.82, 2.24) is 0 Å². The average molecular weight is 434 g/mol. The minimum absolute atomic E-state index is 0.102. The van der Waals surface area contributed by atoms with Crippen LogP contribution in [0, 0.1) is 0 Å². The molecule has 4 aromatic rings. The maximum Gasteiger partial charge on any atom is 0.343 e. The summed E-state index contributed by atoms with van der Waals surface area (Å²) in [5.74, 6) is 0.499. The number of ketones is 1. The highest BCUT2D eigenvalue weighted by Gasteiger charge is 2.09. The van der Waals surface area contributed by atoms with E-state index in [1.165, 1.54) is 6.08 Å². The van der Waals surface area contributed by atoms with Gasteiger partial charge in [-0.2, -0.15) is 0 Å². The van der Waals surface area contributed by atoms with E-state index in [1.807, 2.05) is 60.7 Å². The molecule has 4 heteroatoms. The van der Waals surface area contributed by atoms with E-state index >= 15 is 0 Å². The van der Waals surface area contributed by atoms with Crippen molar-refractivity contribution in [2.45, 2.75) is 0 Å². The Morgan fingerprint density at radius 3 is 2.03 bits per heavy atom. The van der Waals surface area contributed by atoms with Gasteiger partial charge in [0, 0.05) is 5.56 Å². The Morgan fingerprint density at radius 1 is 0.667 bits per heavy atom. The van der Waals surface area contributed by atoms with Gasteiger partial charge in [0.15, 0.2) is 5.78 Å².